The van der Waals surface area contributed by atoms with Gasteiger partial charge in [0.05, 0.1) is 22.0 Å². The highest BCUT2D eigenvalue weighted by Crippen LogP contribution is 2.33. The zero-order chi connectivity index (χ0) is 15.1. The molecular weight excluding hydrogens is 297 g/mol. The number of aromatic nitrogens is 2. The van der Waals surface area contributed by atoms with Crippen molar-refractivity contribution >= 4 is 29.3 Å². The summed E-state index contributed by atoms with van der Waals surface area (Å²) in [5.41, 5.74) is -0.182. The molecule has 0 aliphatic rings. The summed E-state index contributed by atoms with van der Waals surface area (Å²) in [6.07, 6.45) is -1.72. The lowest BCUT2D eigenvalue weighted by atomic mass is 10.2. The van der Waals surface area contributed by atoms with E-state index in [9.17, 15) is 18.0 Å². The zero-order valence-corrected chi connectivity index (χ0v) is 10.8. The Hall–Kier alpha value is -2.02. The Labute approximate surface area is 116 Å². The maximum absolute atomic E-state index is 12.7. The SMILES string of the molecule is Cc1nc2c(Cl)cc(C(F)(F)F)cn2c1/C=C/C(=O)O. The fraction of sp³-hybridized carbons (Fsp3) is 0.167. The van der Waals surface area contributed by atoms with Gasteiger partial charge in [0.2, 0.25) is 0 Å². The van der Waals surface area contributed by atoms with E-state index >= 15 is 0 Å². The molecule has 0 amide bonds. The summed E-state index contributed by atoms with van der Waals surface area (Å²) < 4.78 is 39.4. The third kappa shape index (κ3) is 2.62. The number of aliphatic carboxylic acids is 1. The average Bonchev–Trinajstić information content (AvgIpc) is 2.62. The maximum Gasteiger partial charge on any atom is 0.417 e. The van der Waals surface area contributed by atoms with Crippen LogP contribution in [0.15, 0.2) is 18.3 Å². The monoisotopic (exact) mass is 304 g/mol. The van der Waals surface area contributed by atoms with Gasteiger partial charge in [0.25, 0.3) is 0 Å². The average molecular weight is 305 g/mol. The Morgan fingerprint density at radius 2 is 2.15 bits per heavy atom. The third-order valence-electron chi connectivity index (χ3n) is 2.61. The van der Waals surface area contributed by atoms with Gasteiger partial charge in [-0.15, -0.1) is 0 Å². The summed E-state index contributed by atoms with van der Waals surface area (Å²) >= 11 is 5.79. The minimum Gasteiger partial charge on any atom is -0.478 e. The lowest BCUT2D eigenvalue weighted by Crippen LogP contribution is -2.07. The second kappa shape index (κ2) is 4.82. The van der Waals surface area contributed by atoms with Gasteiger partial charge < -0.3 is 5.11 Å². The number of nitrogens with zero attached hydrogens (tertiary/aromatic N) is 2. The first kappa shape index (κ1) is 14.4. The number of fused-ring (bicyclic) bond motifs is 1. The highest BCUT2D eigenvalue weighted by atomic mass is 35.5. The van der Waals surface area contributed by atoms with E-state index in [1.54, 1.807) is 6.92 Å². The van der Waals surface area contributed by atoms with E-state index in [0.29, 0.717) is 5.69 Å². The van der Waals surface area contributed by atoms with Gasteiger partial charge in [-0.1, -0.05) is 11.6 Å². The smallest absolute Gasteiger partial charge is 0.417 e. The Kier molecular flexibility index (Phi) is 3.47. The first-order valence-corrected chi connectivity index (χ1v) is 5.74. The number of carboxylic acids is 1. The molecule has 1 N–H and O–H groups in total. The topological polar surface area (TPSA) is 54.6 Å². The quantitative estimate of drug-likeness (QED) is 0.865. The highest BCUT2D eigenvalue weighted by molar-refractivity contribution is 6.33. The number of alkyl halides is 3. The predicted octanol–water partition coefficient (Wildman–Crippen LogP) is 3.41. The first-order valence-electron chi connectivity index (χ1n) is 5.36. The van der Waals surface area contributed by atoms with Crippen LogP contribution >= 0.6 is 11.6 Å². The van der Waals surface area contributed by atoms with Gasteiger partial charge in [-0.25, -0.2) is 9.78 Å². The number of imidazole rings is 1. The molecule has 0 aliphatic heterocycles. The standard InChI is InChI=1S/C12H8ClF3N2O2/c1-6-9(2-3-10(19)20)18-5-7(12(14,15)16)4-8(13)11(18)17-6/h2-5H,1H3,(H,19,20)/b3-2+. The normalized spacial score (nSPS) is 12.4. The van der Waals surface area contributed by atoms with Crippen molar-refractivity contribution in [2.24, 2.45) is 0 Å². The van der Waals surface area contributed by atoms with Crippen LogP contribution < -0.4 is 0 Å². The van der Waals surface area contributed by atoms with Gasteiger partial charge in [0.1, 0.15) is 0 Å². The second-order valence-corrected chi connectivity index (χ2v) is 4.43. The minimum atomic E-state index is -4.55. The molecule has 0 atom stereocenters. The van der Waals surface area contributed by atoms with Crippen molar-refractivity contribution in [1.82, 2.24) is 9.38 Å². The minimum absolute atomic E-state index is 0.141. The fourth-order valence-corrected chi connectivity index (χ4v) is 1.99. The summed E-state index contributed by atoms with van der Waals surface area (Å²) in [6.45, 7) is 1.55. The van der Waals surface area contributed by atoms with Gasteiger partial charge in [0, 0.05) is 12.3 Å². The number of pyridine rings is 1. The highest BCUT2D eigenvalue weighted by Gasteiger charge is 2.32. The molecule has 2 aromatic rings. The van der Waals surface area contributed by atoms with Crippen LogP contribution in [0.3, 0.4) is 0 Å². The van der Waals surface area contributed by atoms with E-state index in [1.807, 2.05) is 0 Å². The van der Waals surface area contributed by atoms with Crippen molar-refractivity contribution in [2.75, 3.05) is 0 Å². The van der Waals surface area contributed by atoms with Crippen LogP contribution in [-0.2, 0) is 11.0 Å². The molecule has 2 heterocycles. The number of halogens is 4. The maximum atomic E-state index is 12.7. The van der Waals surface area contributed by atoms with Gasteiger partial charge in [-0.05, 0) is 19.1 Å². The summed E-state index contributed by atoms with van der Waals surface area (Å²) in [5.74, 6) is -1.21. The van der Waals surface area contributed by atoms with E-state index in [-0.39, 0.29) is 16.4 Å². The Morgan fingerprint density at radius 1 is 1.50 bits per heavy atom. The summed E-state index contributed by atoms with van der Waals surface area (Å²) in [4.78, 5) is 14.5. The molecule has 0 saturated heterocycles. The molecule has 20 heavy (non-hydrogen) atoms. The number of aryl methyl sites for hydroxylation is 1. The van der Waals surface area contributed by atoms with Crippen molar-refractivity contribution in [3.63, 3.8) is 0 Å². The molecular formula is C12H8ClF3N2O2. The lowest BCUT2D eigenvalue weighted by molar-refractivity contribution is -0.138. The molecule has 8 heteroatoms. The van der Waals surface area contributed by atoms with Gasteiger partial charge in [-0.2, -0.15) is 13.2 Å². The van der Waals surface area contributed by atoms with Crippen molar-refractivity contribution in [3.05, 3.63) is 40.3 Å². The van der Waals surface area contributed by atoms with E-state index < -0.39 is 17.7 Å². The van der Waals surface area contributed by atoms with Gasteiger partial charge in [0.15, 0.2) is 5.65 Å². The molecule has 0 bridgehead atoms. The lowest BCUT2D eigenvalue weighted by Gasteiger charge is -2.08. The van der Waals surface area contributed by atoms with Crippen molar-refractivity contribution in [2.45, 2.75) is 13.1 Å². The van der Waals surface area contributed by atoms with Crippen LogP contribution in [0, 0.1) is 6.92 Å². The summed E-state index contributed by atoms with van der Waals surface area (Å²) in [6, 6.07) is 0.786. The van der Waals surface area contributed by atoms with Crippen molar-refractivity contribution < 1.29 is 23.1 Å². The Morgan fingerprint density at radius 3 is 2.70 bits per heavy atom. The van der Waals surface area contributed by atoms with E-state index in [4.69, 9.17) is 16.7 Å². The Balaban J connectivity index is 2.73. The first-order chi connectivity index (χ1) is 9.20. The van der Waals surface area contributed by atoms with Crippen LogP contribution in [0.2, 0.25) is 5.02 Å². The third-order valence-corrected chi connectivity index (χ3v) is 2.89. The van der Waals surface area contributed by atoms with Crippen LogP contribution in [0.1, 0.15) is 17.0 Å². The number of carboxylic acid groups (broad SMARTS) is 1. The Bertz CT molecular complexity index is 720. The number of hydrogen-bond donors (Lipinski definition) is 1. The second-order valence-electron chi connectivity index (χ2n) is 4.02. The molecule has 0 radical (unpaired) electrons. The van der Waals surface area contributed by atoms with Gasteiger partial charge in [-0.3, -0.25) is 4.40 Å². The van der Waals surface area contributed by atoms with E-state index in [0.717, 1.165) is 22.7 Å². The molecule has 0 fully saturated rings. The molecule has 2 rings (SSSR count). The molecule has 106 valence electrons. The summed E-state index contributed by atoms with van der Waals surface area (Å²) in [5, 5.41) is 8.44. The fourth-order valence-electron chi connectivity index (χ4n) is 1.74. The predicted molar refractivity (Wildman–Crippen MR) is 66.6 cm³/mol. The van der Waals surface area contributed by atoms with Gasteiger partial charge >= 0.3 is 12.1 Å². The molecule has 0 aromatic carbocycles. The largest absolute Gasteiger partial charge is 0.478 e. The molecule has 0 unspecified atom stereocenters. The van der Waals surface area contributed by atoms with Crippen molar-refractivity contribution in [1.29, 1.82) is 0 Å². The number of carbonyl (C=O) groups is 1. The molecule has 0 saturated carbocycles. The van der Waals surface area contributed by atoms with Crippen LogP contribution in [0.4, 0.5) is 13.2 Å². The summed E-state index contributed by atoms with van der Waals surface area (Å²) in [7, 11) is 0. The van der Waals surface area contributed by atoms with E-state index in [2.05, 4.69) is 4.98 Å². The van der Waals surface area contributed by atoms with Crippen LogP contribution in [0.25, 0.3) is 11.7 Å². The molecule has 0 aliphatic carbocycles. The van der Waals surface area contributed by atoms with Crippen LogP contribution in [-0.4, -0.2) is 20.5 Å². The zero-order valence-electron chi connectivity index (χ0n) is 10.1. The van der Waals surface area contributed by atoms with Crippen LogP contribution in [0.5, 0.6) is 0 Å². The van der Waals surface area contributed by atoms with E-state index in [1.165, 1.54) is 6.08 Å². The molecule has 4 nitrogen and oxygen atoms in total. The molecule has 0 spiro atoms. The molecule has 2 aromatic heterocycles. The number of hydrogen-bond acceptors (Lipinski definition) is 2. The number of rotatable bonds is 2. The van der Waals surface area contributed by atoms with Crippen molar-refractivity contribution in [3.8, 4) is 0 Å².